The lowest BCUT2D eigenvalue weighted by atomic mass is 9.99. The first kappa shape index (κ1) is 15.9. The average Bonchev–Trinajstić information content (AvgIpc) is 2.64. The van der Waals surface area contributed by atoms with Crippen LogP contribution in [0.3, 0.4) is 0 Å². The minimum atomic E-state index is -0.599. The zero-order valence-corrected chi connectivity index (χ0v) is 13.2. The first-order valence-corrected chi connectivity index (χ1v) is 7.82. The Morgan fingerprint density at radius 1 is 0.833 bits per heavy atom. The van der Waals surface area contributed by atoms with E-state index in [0.29, 0.717) is 0 Å². The topological polar surface area (TPSA) is 68.0 Å². The maximum atomic E-state index is 12.0. The maximum absolute atomic E-state index is 12.0. The number of nitrogens with one attached hydrogen (secondary N) is 1. The van der Waals surface area contributed by atoms with E-state index in [4.69, 9.17) is 5.73 Å². The summed E-state index contributed by atoms with van der Waals surface area (Å²) in [6, 6.07) is 24.3. The number of benzene rings is 2. The highest BCUT2D eigenvalue weighted by Crippen LogP contribution is 2.24. The number of hydrogen-bond donors (Lipinski definition) is 2. The van der Waals surface area contributed by atoms with Gasteiger partial charge in [0.2, 0.25) is 5.91 Å². The van der Waals surface area contributed by atoms with Crippen LogP contribution in [0.15, 0.2) is 85.1 Å². The van der Waals surface area contributed by atoms with Crippen LogP contribution in [-0.2, 0) is 4.79 Å². The van der Waals surface area contributed by atoms with Crippen molar-refractivity contribution < 1.29 is 4.79 Å². The lowest BCUT2D eigenvalue weighted by Gasteiger charge is -2.24. The standard InChI is InChI=1S/C20H19N3O/c21-20(24)19(16-11-5-2-6-12-16)23-18(15-9-3-1-4-10-15)17-13-7-8-14-22-17/h1-14,18-19,23H,(H2,21,24)/t18-,19+/m1/s1. The number of primary amides is 1. The van der Waals surface area contributed by atoms with Crippen molar-refractivity contribution in [3.05, 3.63) is 102 Å². The fraction of sp³-hybridized carbons (Fsp3) is 0.100. The SMILES string of the molecule is NC(=O)[C@@H](N[C@H](c1ccccc1)c1ccccn1)c1ccccc1. The molecular formula is C20H19N3O. The smallest absolute Gasteiger partial charge is 0.239 e. The van der Waals surface area contributed by atoms with Gasteiger partial charge >= 0.3 is 0 Å². The second-order valence-electron chi connectivity index (χ2n) is 5.51. The third-order valence-corrected chi connectivity index (χ3v) is 3.87. The van der Waals surface area contributed by atoms with Crippen molar-refractivity contribution in [2.75, 3.05) is 0 Å². The van der Waals surface area contributed by atoms with Crippen molar-refractivity contribution in [2.45, 2.75) is 12.1 Å². The first-order valence-electron chi connectivity index (χ1n) is 7.82. The Hall–Kier alpha value is -2.98. The monoisotopic (exact) mass is 317 g/mol. The highest BCUT2D eigenvalue weighted by molar-refractivity contribution is 5.81. The number of pyridine rings is 1. The summed E-state index contributed by atoms with van der Waals surface area (Å²) in [5.74, 6) is -0.418. The van der Waals surface area contributed by atoms with Gasteiger partial charge in [0, 0.05) is 6.20 Å². The largest absolute Gasteiger partial charge is 0.368 e. The molecule has 0 spiro atoms. The molecular weight excluding hydrogens is 298 g/mol. The fourth-order valence-corrected chi connectivity index (χ4v) is 2.70. The summed E-state index contributed by atoms with van der Waals surface area (Å²) in [6.45, 7) is 0. The van der Waals surface area contributed by atoms with Gasteiger partial charge in [0.15, 0.2) is 0 Å². The second kappa shape index (κ2) is 7.53. The van der Waals surface area contributed by atoms with E-state index >= 15 is 0 Å². The van der Waals surface area contributed by atoms with E-state index in [1.807, 2.05) is 78.9 Å². The van der Waals surface area contributed by atoms with Crippen LogP contribution in [0.2, 0.25) is 0 Å². The van der Waals surface area contributed by atoms with Gasteiger partial charge in [0.05, 0.1) is 11.7 Å². The Morgan fingerprint density at radius 3 is 1.96 bits per heavy atom. The van der Waals surface area contributed by atoms with Crippen molar-refractivity contribution in [1.82, 2.24) is 10.3 Å². The number of nitrogens with zero attached hydrogens (tertiary/aromatic N) is 1. The van der Waals surface area contributed by atoms with Gasteiger partial charge in [-0.3, -0.25) is 15.1 Å². The number of amides is 1. The zero-order chi connectivity index (χ0) is 16.8. The lowest BCUT2D eigenvalue weighted by Crippen LogP contribution is -2.36. The molecule has 4 heteroatoms. The zero-order valence-electron chi connectivity index (χ0n) is 13.2. The third kappa shape index (κ3) is 3.67. The highest BCUT2D eigenvalue weighted by Gasteiger charge is 2.24. The Labute approximate surface area is 141 Å². The quantitative estimate of drug-likeness (QED) is 0.734. The molecule has 24 heavy (non-hydrogen) atoms. The molecule has 3 N–H and O–H groups in total. The van der Waals surface area contributed by atoms with Crippen LogP contribution in [-0.4, -0.2) is 10.9 Å². The molecule has 0 unspecified atom stereocenters. The molecule has 4 nitrogen and oxygen atoms in total. The van der Waals surface area contributed by atoms with Gasteiger partial charge in [-0.1, -0.05) is 66.7 Å². The van der Waals surface area contributed by atoms with Gasteiger partial charge < -0.3 is 5.73 Å². The van der Waals surface area contributed by atoms with Gasteiger partial charge in [-0.15, -0.1) is 0 Å². The lowest BCUT2D eigenvalue weighted by molar-refractivity contribution is -0.120. The van der Waals surface area contributed by atoms with Crippen molar-refractivity contribution in [3.63, 3.8) is 0 Å². The van der Waals surface area contributed by atoms with Gasteiger partial charge in [0.1, 0.15) is 6.04 Å². The van der Waals surface area contributed by atoms with Crippen LogP contribution in [0.1, 0.15) is 28.9 Å². The summed E-state index contributed by atoms with van der Waals surface area (Å²) in [5.41, 5.74) is 8.35. The molecule has 0 saturated carbocycles. The Bertz CT molecular complexity index is 736. The third-order valence-electron chi connectivity index (χ3n) is 3.87. The molecule has 2 aromatic carbocycles. The minimum Gasteiger partial charge on any atom is -0.368 e. The van der Waals surface area contributed by atoms with Crippen LogP contribution in [0.5, 0.6) is 0 Å². The molecule has 1 aromatic heterocycles. The number of rotatable bonds is 6. The highest BCUT2D eigenvalue weighted by atomic mass is 16.1. The molecule has 0 bridgehead atoms. The van der Waals surface area contributed by atoms with E-state index < -0.39 is 11.9 Å². The summed E-state index contributed by atoms with van der Waals surface area (Å²) < 4.78 is 0. The normalized spacial score (nSPS) is 13.2. The van der Waals surface area contributed by atoms with E-state index in [1.165, 1.54) is 0 Å². The Balaban J connectivity index is 1.98. The van der Waals surface area contributed by atoms with Crippen LogP contribution >= 0.6 is 0 Å². The number of hydrogen-bond acceptors (Lipinski definition) is 3. The molecule has 2 atom stereocenters. The number of carbonyl (C=O) groups is 1. The molecule has 0 radical (unpaired) electrons. The van der Waals surface area contributed by atoms with Gasteiger partial charge in [0.25, 0.3) is 0 Å². The van der Waals surface area contributed by atoms with Crippen LogP contribution in [0.25, 0.3) is 0 Å². The van der Waals surface area contributed by atoms with Crippen molar-refractivity contribution >= 4 is 5.91 Å². The number of aromatic nitrogens is 1. The summed E-state index contributed by atoms with van der Waals surface area (Å²) in [7, 11) is 0. The molecule has 0 aliphatic heterocycles. The van der Waals surface area contributed by atoms with Gasteiger partial charge in [-0.2, -0.15) is 0 Å². The second-order valence-corrected chi connectivity index (χ2v) is 5.51. The Kier molecular flexibility index (Phi) is 4.99. The minimum absolute atomic E-state index is 0.231. The fourth-order valence-electron chi connectivity index (χ4n) is 2.70. The van der Waals surface area contributed by atoms with Gasteiger partial charge in [-0.05, 0) is 23.3 Å². The van der Waals surface area contributed by atoms with Crippen molar-refractivity contribution in [3.8, 4) is 0 Å². The summed E-state index contributed by atoms with van der Waals surface area (Å²) >= 11 is 0. The molecule has 0 aliphatic rings. The van der Waals surface area contributed by atoms with E-state index in [9.17, 15) is 4.79 Å². The molecule has 1 heterocycles. The molecule has 1 amide bonds. The van der Waals surface area contributed by atoms with E-state index in [0.717, 1.165) is 16.8 Å². The Morgan fingerprint density at radius 2 is 1.42 bits per heavy atom. The van der Waals surface area contributed by atoms with Gasteiger partial charge in [-0.25, -0.2) is 0 Å². The molecule has 0 fully saturated rings. The molecule has 0 saturated heterocycles. The average molecular weight is 317 g/mol. The van der Waals surface area contributed by atoms with E-state index in [1.54, 1.807) is 6.20 Å². The molecule has 3 aromatic rings. The number of carbonyl (C=O) groups excluding carboxylic acids is 1. The predicted molar refractivity (Wildman–Crippen MR) is 94.0 cm³/mol. The van der Waals surface area contributed by atoms with E-state index in [-0.39, 0.29) is 6.04 Å². The van der Waals surface area contributed by atoms with Crippen molar-refractivity contribution in [2.24, 2.45) is 5.73 Å². The predicted octanol–water partition coefficient (Wildman–Crippen LogP) is 2.99. The van der Waals surface area contributed by atoms with Crippen LogP contribution < -0.4 is 11.1 Å². The summed E-state index contributed by atoms with van der Waals surface area (Å²) in [5, 5.41) is 3.37. The van der Waals surface area contributed by atoms with E-state index in [2.05, 4.69) is 10.3 Å². The summed E-state index contributed by atoms with van der Waals surface area (Å²) in [4.78, 5) is 16.5. The molecule has 3 rings (SSSR count). The first-order chi connectivity index (χ1) is 11.8. The maximum Gasteiger partial charge on any atom is 0.239 e. The molecule has 120 valence electrons. The molecule has 0 aliphatic carbocycles. The summed E-state index contributed by atoms with van der Waals surface area (Å²) in [6.07, 6.45) is 1.74. The number of nitrogens with two attached hydrogens (primary N) is 1. The van der Waals surface area contributed by atoms with Crippen LogP contribution in [0.4, 0.5) is 0 Å². The van der Waals surface area contributed by atoms with Crippen molar-refractivity contribution in [1.29, 1.82) is 0 Å². The van der Waals surface area contributed by atoms with Crippen LogP contribution in [0, 0.1) is 0 Å².